The van der Waals surface area contributed by atoms with Gasteiger partial charge >= 0.3 is 0 Å². The van der Waals surface area contributed by atoms with E-state index in [2.05, 4.69) is 18.8 Å². The second kappa shape index (κ2) is 4.80. The highest BCUT2D eigenvalue weighted by Crippen LogP contribution is 2.15. The zero-order chi connectivity index (χ0) is 10.6. The summed E-state index contributed by atoms with van der Waals surface area (Å²) < 4.78 is 12.9. The molecule has 0 aliphatic heterocycles. The van der Waals surface area contributed by atoms with Crippen LogP contribution in [0, 0.1) is 12.7 Å². The normalized spacial score (nSPS) is 12.2. The Morgan fingerprint density at radius 3 is 2.86 bits per heavy atom. The summed E-state index contributed by atoms with van der Waals surface area (Å²) in [6.07, 6.45) is 2.77. The number of nitrogens with one attached hydrogen (secondary N) is 1. The average Bonchev–Trinajstić information content (AvgIpc) is 2.12. The van der Waals surface area contributed by atoms with E-state index in [9.17, 15) is 4.39 Å². The van der Waals surface area contributed by atoms with Crippen molar-refractivity contribution in [1.29, 1.82) is 0 Å². The van der Waals surface area contributed by atoms with Crippen LogP contribution in [0.1, 0.15) is 18.9 Å². The van der Waals surface area contributed by atoms with Crippen LogP contribution in [0.3, 0.4) is 0 Å². The Kier molecular flexibility index (Phi) is 3.69. The van der Waals surface area contributed by atoms with Gasteiger partial charge in [0.15, 0.2) is 0 Å². The van der Waals surface area contributed by atoms with Gasteiger partial charge in [-0.05, 0) is 44.0 Å². The van der Waals surface area contributed by atoms with E-state index >= 15 is 0 Å². The van der Waals surface area contributed by atoms with Gasteiger partial charge < -0.3 is 5.32 Å². The van der Waals surface area contributed by atoms with Crippen molar-refractivity contribution in [3.63, 3.8) is 0 Å². The van der Waals surface area contributed by atoms with Gasteiger partial charge in [-0.1, -0.05) is 6.08 Å². The third kappa shape index (κ3) is 2.87. The van der Waals surface area contributed by atoms with Crippen molar-refractivity contribution in [2.24, 2.45) is 0 Å². The number of anilines is 1. The molecule has 1 N–H and O–H groups in total. The molecule has 0 saturated carbocycles. The Labute approximate surface area is 84.6 Å². The second-order valence-corrected chi connectivity index (χ2v) is 3.53. The first-order valence-corrected chi connectivity index (χ1v) is 4.77. The predicted octanol–water partition coefficient (Wildman–Crippen LogP) is 3.51. The van der Waals surface area contributed by atoms with Gasteiger partial charge in [0, 0.05) is 11.7 Å². The molecule has 0 amide bonds. The Bertz CT molecular complexity index is 320. The molecule has 0 heterocycles. The monoisotopic (exact) mass is 193 g/mol. The Balaban J connectivity index is 2.67. The summed E-state index contributed by atoms with van der Waals surface area (Å²) in [5, 5.41) is 3.27. The lowest BCUT2D eigenvalue weighted by molar-refractivity contribution is 0.618. The molecule has 0 aliphatic rings. The maximum Gasteiger partial charge on any atom is 0.126 e. The van der Waals surface area contributed by atoms with Crippen LogP contribution in [-0.2, 0) is 0 Å². The van der Waals surface area contributed by atoms with Crippen molar-refractivity contribution in [2.75, 3.05) is 5.32 Å². The van der Waals surface area contributed by atoms with Crippen LogP contribution in [0.25, 0.3) is 0 Å². The van der Waals surface area contributed by atoms with E-state index in [4.69, 9.17) is 0 Å². The SMILES string of the molecule is C=CCC(C)Nc1ccc(F)c(C)c1. The first kappa shape index (κ1) is 10.8. The molecule has 2 heteroatoms. The fourth-order valence-electron chi connectivity index (χ4n) is 1.33. The summed E-state index contributed by atoms with van der Waals surface area (Å²) >= 11 is 0. The van der Waals surface area contributed by atoms with Gasteiger partial charge in [-0.25, -0.2) is 4.39 Å². The topological polar surface area (TPSA) is 12.0 Å². The van der Waals surface area contributed by atoms with Gasteiger partial charge in [0.25, 0.3) is 0 Å². The molecule has 1 aromatic rings. The molecule has 0 saturated heterocycles. The molecule has 0 fully saturated rings. The smallest absolute Gasteiger partial charge is 0.126 e. The quantitative estimate of drug-likeness (QED) is 0.721. The molecule has 0 bridgehead atoms. The molecular weight excluding hydrogens is 177 g/mol. The van der Waals surface area contributed by atoms with E-state index < -0.39 is 0 Å². The second-order valence-electron chi connectivity index (χ2n) is 3.53. The minimum absolute atomic E-state index is 0.160. The summed E-state index contributed by atoms with van der Waals surface area (Å²) in [5.74, 6) is -0.160. The first-order valence-electron chi connectivity index (χ1n) is 4.77. The number of hydrogen-bond acceptors (Lipinski definition) is 1. The van der Waals surface area contributed by atoms with Crippen LogP contribution >= 0.6 is 0 Å². The largest absolute Gasteiger partial charge is 0.382 e. The maximum atomic E-state index is 12.9. The minimum atomic E-state index is -0.160. The number of aryl methyl sites for hydroxylation is 1. The summed E-state index contributed by atoms with van der Waals surface area (Å²) in [6, 6.07) is 5.38. The molecule has 76 valence electrons. The lowest BCUT2D eigenvalue weighted by atomic mass is 10.2. The lowest BCUT2D eigenvalue weighted by Crippen LogP contribution is -2.13. The first-order chi connectivity index (χ1) is 6.63. The van der Waals surface area contributed by atoms with E-state index in [-0.39, 0.29) is 5.82 Å². The summed E-state index contributed by atoms with van der Waals surface area (Å²) in [5.41, 5.74) is 1.62. The Morgan fingerprint density at radius 2 is 2.29 bits per heavy atom. The number of rotatable bonds is 4. The molecule has 14 heavy (non-hydrogen) atoms. The standard InChI is InChI=1S/C12H16FN/c1-4-5-10(3)14-11-6-7-12(13)9(2)8-11/h4,6-8,10,14H,1,5H2,2-3H3. The average molecular weight is 193 g/mol. The molecular formula is C12H16FN. The highest BCUT2D eigenvalue weighted by atomic mass is 19.1. The van der Waals surface area contributed by atoms with Crippen LogP contribution < -0.4 is 5.32 Å². The maximum absolute atomic E-state index is 12.9. The van der Waals surface area contributed by atoms with Gasteiger partial charge in [-0.15, -0.1) is 6.58 Å². The van der Waals surface area contributed by atoms with Crippen LogP contribution in [0.15, 0.2) is 30.9 Å². The molecule has 0 radical (unpaired) electrons. The van der Waals surface area contributed by atoms with Crippen molar-refractivity contribution < 1.29 is 4.39 Å². The van der Waals surface area contributed by atoms with Gasteiger partial charge in [0.1, 0.15) is 5.82 Å². The molecule has 0 aromatic heterocycles. The van der Waals surface area contributed by atoms with Crippen molar-refractivity contribution in [3.8, 4) is 0 Å². The molecule has 1 atom stereocenters. The van der Waals surface area contributed by atoms with Gasteiger partial charge in [0.2, 0.25) is 0 Å². The molecule has 0 spiro atoms. The van der Waals surface area contributed by atoms with E-state index in [1.54, 1.807) is 13.0 Å². The van der Waals surface area contributed by atoms with Crippen LogP contribution in [-0.4, -0.2) is 6.04 Å². The molecule has 0 aliphatic carbocycles. The van der Waals surface area contributed by atoms with Gasteiger partial charge in [0.05, 0.1) is 0 Å². The summed E-state index contributed by atoms with van der Waals surface area (Å²) in [4.78, 5) is 0. The van der Waals surface area contributed by atoms with Gasteiger partial charge in [-0.2, -0.15) is 0 Å². The van der Waals surface area contributed by atoms with Crippen molar-refractivity contribution in [3.05, 3.63) is 42.2 Å². The van der Waals surface area contributed by atoms with E-state index in [1.807, 2.05) is 12.1 Å². The van der Waals surface area contributed by atoms with E-state index in [1.165, 1.54) is 6.07 Å². The van der Waals surface area contributed by atoms with Crippen LogP contribution in [0.4, 0.5) is 10.1 Å². The zero-order valence-electron chi connectivity index (χ0n) is 8.68. The fraction of sp³-hybridized carbons (Fsp3) is 0.333. The third-order valence-corrected chi connectivity index (χ3v) is 2.09. The zero-order valence-corrected chi connectivity index (χ0v) is 8.68. The van der Waals surface area contributed by atoms with Crippen molar-refractivity contribution in [1.82, 2.24) is 0 Å². The number of halogens is 1. The molecule has 1 nitrogen and oxygen atoms in total. The number of hydrogen-bond donors (Lipinski definition) is 1. The van der Waals surface area contributed by atoms with Crippen molar-refractivity contribution in [2.45, 2.75) is 26.3 Å². The van der Waals surface area contributed by atoms with Crippen LogP contribution in [0.5, 0.6) is 0 Å². The Morgan fingerprint density at radius 1 is 1.57 bits per heavy atom. The summed E-state index contributed by atoms with van der Waals surface area (Å²) in [7, 11) is 0. The molecule has 1 aromatic carbocycles. The number of benzene rings is 1. The van der Waals surface area contributed by atoms with Crippen molar-refractivity contribution >= 4 is 5.69 Å². The predicted molar refractivity (Wildman–Crippen MR) is 59.0 cm³/mol. The molecule has 1 rings (SSSR count). The fourth-order valence-corrected chi connectivity index (χ4v) is 1.33. The molecule has 1 unspecified atom stereocenters. The van der Waals surface area contributed by atoms with Gasteiger partial charge in [-0.3, -0.25) is 0 Å². The lowest BCUT2D eigenvalue weighted by Gasteiger charge is -2.13. The van der Waals surface area contributed by atoms with Crippen LogP contribution in [0.2, 0.25) is 0 Å². The highest BCUT2D eigenvalue weighted by molar-refractivity contribution is 5.46. The summed E-state index contributed by atoms with van der Waals surface area (Å²) in [6.45, 7) is 7.51. The Hall–Kier alpha value is -1.31. The highest BCUT2D eigenvalue weighted by Gasteiger charge is 2.01. The third-order valence-electron chi connectivity index (χ3n) is 2.09. The minimum Gasteiger partial charge on any atom is -0.382 e. The van der Waals surface area contributed by atoms with E-state index in [0.29, 0.717) is 11.6 Å². The van der Waals surface area contributed by atoms with E-state index in [0.717, 1.165) is 12.1 Å².